The summed E-state index contributed by atoms with van der Waals surface area (Å²) in [7, 11) is -2.34. The van der Waals surface area contributed by atoms with E-state index in [0.29, 0.717) is 36.6 Å². The third kappa shape index (κ3) is 6.58. The molecule has 0 saturated heterocycles. The minimum Gasteiger partial charge on any atom is -0.344 e. The van der Waals surface area contributed by atoms with Crippen molar-refractivity contribution in [1.82, 2.24) is 39.4 Å². The molecule has 2 aromatic carbocycles. The van der Waals surface area contributed by atoms with Crippen molar-refractivity contribution >= 4 is 55.3 Å². The van der Waals surface area contributed by atoms with Gasteiger partial charge in [0.25, 0.3) is 12.0 Å². The van der Waals surface area contributed by atoms with Crippen LogP contribution in [0.3, 0.4) is 0 Å². The molecule has 0 unspecified atom stereocenters. The molecule has 52 heavy (non-hydrogen) atoms. The highest BCUT2D eigenvalue weighted by molar-refractivity contribution is 7.92. The zero-order chi connectivity index (χ0) is 37.1. The van der Waals surface area contributed by atoms with Gasteiger partial charge in [0, 0.05) is 31.3 Å². The number of anilines is 1. The number of nitrogens with zero attached hydrogens (tertiary/aromatic N) is 7. The lowest BCUT2D eigenvalue weighted by atomic mass is 10.0. The normalized spacial score (nSPS) is 13.6. The molecule has 19 heteroatoms. The van der Waals surface area contributed by atoms with Crippen molar-refractivity contribution in [3.05, 3.63) is 104 Å². The highest BCUT2D eigenvalue weighted by Gasteiger charge is 2.31. The van der Waals surface area contributed by atoms with Crippen LogP contribution in [0.2, 0.25) is 5.02 Å². The summed E-state index contributed by atoms with van der Waals surface area (Å²) in [5.74, 6) is -2.91. The van der Waals surface area contributed by atoms with Crippen LogP contribution < -0.4 is 15.6 Å². The molecule has 0 fully saturated rings. The molecule has 0 saturated carbocycles. The number of fused-ring (bicyclic) bond motifs is 3. The molecule has 1 atom stereocenters. The third-order valence-corrected chi connectivity index (χ3v) is 9.51. The highest BCUT2D eigenvalue weighted by atomic mass is 35.5. The predicted molar refractivity (Wildman–Crippen MR) is 183 cm³/mol. The van der Waals surface area contributed by atoms with Crippen molar-refractivity contribution in [3.63, 3.8) is 0 Å². The number of alkyl halides is 2. The van der Waals surface area contributed by atoms with E-state index in [1.54, 1.807) is 0 Å². The lowest BCUT2D eigenvalue weighted by molar-refractivity contribution is -0.122. The van der Waals surface area contributed by atoms with Crippen LogP contribution in [0.1, 0.15) is 47.2 Å². The van der Waals surface area contributed by atoms with E-state index in [-0.39, 0.29) is 62.0 Å². The number of nitrogens with one attached hydrogen (secondary N) is 2. The molecule has 0 bridgehead atoms. The zero-order valence-electron chi connectivity index (χ0n) is 27.4. The summed E-state index contributed by atoms with van der Waals surface area (Å²) in [6.07, 6.45) is 0.643. The smallest absolute Gasteiger partial charge is 0.280 e. The maximum atomic E-state index is 14.5. The number of aryl methyl sites for hydroxylation is 2. The van der Waals surface area contributed by atoms with Gasteiger partial charge in [0.2, 0.25) is 15.9 Å². The van der Waals surface area contributed by atoms with E-state index in [2.05, 4.69) is 30.2 Å². The van der Waals surface area contributed by atoms with Gasteiger partial charge >= 0.3 is 0 Å². The van der Waals surface area contributed by atoms with Gasteiger partial charge in [-0.25, -0.2) is 35.9 Å². The first kappa shape index (κ1) is 35.1. The minimum atomic E-state index is -3.83. The lowest BCUT2D eigenvalue weighted by Crippen LogP contribution is -2.38. The topological polar surface area (TPSA) is 159 Å². The van der Waals surface area contributed by atoms with Gasteiger partial charge in [0.1, 0.15) is 29.7 Å². The number of hydrogen-bond donors (Lipinski definition) is 2. The fourth-order valence-electron chi connectivity index (χ4n) is 6.67. The van der Waals surface area contributed by atoms with Gasteiger partial charge in [0.05, 0.1) is 45.0 Å². The summed E-state index contributed by atoms with van der Waals surface area (Å²) in [5, 5.41) is 11.6. The Labute approximate surface area is 297 Å². The van der Waals surface area contributed by atoms with E-state index in [9.17, 15) is 35.6 Å². The predicted octanol–water partition coefficient (Wildman–Crippen LogP) is 4.69. The molecular weight excluding hydrogens is 730 g/mol. The Kier molecular flexibility index (Phi) is 8.98. The number of sulfonamides is 1. The summed E-state index contributed by atoms with van der Waals surface area (Å²) >= 11 is 6.56. The van der Waals surface area contributed by atoms with Gasteiger partial charge in [-0.3, -0.25) is 28.2 Å². The SMILES string of the molecule is Cn1nc(NS(C)(=O)=O)c2c(Cl)ccc(-n3c([C@H](Cc4cc(F)cc(F)c4)NC(=O)Cn4nc5c(c4C(F)F)CCC5)nc4ncccc4c3=O)c21. The Hall–Kier alpha value is -5.36. The monoisotopic (exact) mass is 757 g/mol. The van der Waals surface area contributed by atoms with Crippen molar-refractivity contribution in [3.8, 4) is 5.69 Å². The zero-order valence-corrected chi connectivity index (χ0v) is 28.9. The first-order valence-corrected chi connectivity index (χ1v) is 18.1. The van der Waals surface area contributed by atoms with Crippen LogP contribution in [0.4, 0.5) is 23.4 Å². The van der Waals surface area contributed by atoms with Crippen LogP contribution in [0.5, 0.6) is 0 Å². The Balaban J connectivity index is 1.43. The van der Waals surface area contributed by atoms with Crippen molar-refractivity contribution in [2.24, 2.45) is 7.05 Å². The molecule has 1 aliphatic rings. The number of aromatic nitrogens is 7. The maximum Gasteiger partial charge on any atom is 0.280 e. The van der Waals surface area contributed by atoms with Gasteiger partial charge in [0.15, 0.2) is 11.5 Å². The summed E-state index contributed by atoms with van der Waals surface area (Å²) < 4.78 is 87.4. The summed E-state index contributed by atoms with van der Waals surface area (Å²) in [4.78, 5) is 37.1. The molecule has 1 amide bonds. The molecule has 2 N–H and O–H groups in total. The van der Waals surface area contributed by atoms with Crippen LogP contribution in [-0.4, -0.2) is 54.7 Å². The fourth-order valence-corrected chi connectivity index (χ4v) is 7.41. The van der Waals surface area contributed by atoms with Crippen LogP contribution in [0, 0.1) is 11.6 Å². The lowest BCUT2D eigenvalue weighted by Gasteiger charge is -2.23. The number of hydrogen-bond acceptors (Lipinski definition) is 8. The summed E-state index contributed by atoms with van der Waals surface area (Å²) in [6, 6.07) is 7.29. The van der Waals surface area contributed by atoms with Gasteiger partial charge in [-0.2, -0.15) is 10.2 Å². The largest absolute Gasteiger partial charge is 0.344 e. The second kappa shape index (κ2) is 13.3. The molecule has 13 nitrogen and oxygen atoms in total. The van der Waals surface area contributed by atoms with E-state index >= 15 is 0 Å². The summed E-state index contributed by atoms with van der Waals surface area (Å²) in [5.41, 5.74) is 0.165. The summed E-state index contributed by atoms with van der Waals surface area (Å²) in [6.45, 7) is -0.635. The first-order chi connectivity index (χ1) is 24.7. The molecular formula is C33H28ClF4N9O4S. The number of halogens is 5. The average Bonchev–Trinajstić information content (AvgIpc) is 3.73. The van der Waals surface area contributed by atoms with Crippen molar-refractivity contribution in [2.45, 2.75) is 44.7 Å². The number of rotatable bonds is 10. The molecule has 7 rings (SSSR count). The number of carbonyl (C=O) groups is 1. The highest BCUT2D eigenvalue weighted by Crippen LogP contribution is 2.36. The van der Waals surface area contributed by atoms with Crippen molar-refractivity contribution in [1.29, 1.82) is 0 Å². The molecule has 0 radical (unpaired) electrons. The minimum absolute atomic E-state index is 0.0263. The molecule has 0 spiro atoms. The number of pyridine rings is 1. The van der Waals surface area contributed by atoms with E-state index in [0.717, 1.165) is 27.6 Å². The van der Waals surface area contributed by atoms with Crippen LogP contribution >= 0.6 is 11.6 Å². The second-order valence-corrected chi connectivity index (χ2v) is 14.5. The Bertz CT molecular complexity index is 2570. The third-order valence-electron chi connectivity index (χ3n) is 8.64. The second-order valence-electron chi connectivity index (χ2n) is 12.3. The molecule has 4 aromatic heterocycles. The van der Waals surface area contributed by atoms with E-state index in [1.165, 1.54) is 42.2 Å². The van der Waals surface area contributed by atoms with Gasteiger partial charge in [-0.05, 0) is 61.2 Å². The molecule has 270 valence electrons. The van der Waals surface area contributed by atoms with Crippen molar-refractivity contribution in [2.75, 3.05) is 11.0 Å². The van der Waals surface area contributed by atoms with Gasteiger partial charge in [-0.1, -0.05) is 11.6 Å². The Morgan fingerprint density at radius 1 is 1.08 bits per heavy atom. The van der Waals surface area contributed by atoms with Crippen molar-refractivity contribution < 1.29 is 30.8 Å². The molecule has 0 aliphatic heterocycles. The van der Waals surface area contributed by atoms with E-state index in [1.807, 2.05) is 0 Å². The number of carbonyl (C=O) groups excluding carboxylic acids is 1. The fraction of sp³-hybridized carbons (Fsp3) is 0.273. The van der Waals surface area contributed by atoms with Crippen LogP contribution in [-0.2, 0) is 47.7 Å². The van der Waals surface area contributed by atoms with Crippen LogP contribution in [0.15, 0.2) is 53.5 Å². The molecule has 4 heterocycles. The van der Waals surface area contributed by atoms with Gasteiger partial charge in [-0.15, -0.1) is 0 Å². The molecule has 6 aromatic rings. The quantitative estimate of drug-likeness (QED) is 0.191. The molecule has 1 aliphatic carbocycles. The van der Waals surface area contributed by atoms with Gasteiger partial charge < -0.3 is 5.32 Å². The average molecular weight is 758 g/mol. The van der Waals surface area contributed by atoms with Crippen LogP contribution in [0.25, 0.3) is 27.6 Å². The standard InChI is InChI=1S/C33H28ClF4N9O4S/c1-45-28-24(9-8-21(34)26(28)31(43-45)44-52(2,50)51)47-32(41-30-20(33(47)49)6-4-10-39-30)23(13-16-11-17(35)14-18(36)12-16)40-25(48)15-46-27(29(37)38)19-5-3-7-22(19)42-46/h4,6,8-12,14,23,29H,3,5,7,13,15H2,1-2H3,(H,40,48)(H,43,44)/t23-/m0/s1. The first-order valence-electron chi connectivity index (χ1n) is 15.8. The Morgan fingerprint density at radius 2 is 1.83 bits per heavy atom. The Morgan fingerprint density at radius 3 is 2.54 bits per heavy atom. The number of amides is 1. The van der Waals surface area contributed by atoms with E-state index < -0.39 is 52.1 Å². The van der Waals surface area contributed by atoms with E-state index in [4.69, 9.17) is 11.6 Å². The number of benzene rings is 2. The maximum absolute atomic E-state index is 14.5.